The topological polar surface area (TPSA) is 43.1 Å². The molecule has 1 atom stereocenters. The van der Waals surface area contributed by atoms with Gasteiger partial charge in [-0.05, 0) is 61.7 Å². The van der Waals surface area contributed by atoms with Crippen molar-refractivity contribution in [3.8, 4) is 0 Å². The van der Waals surface area contributed by atoms with E-state index in [9.17, 15) is 5.11 Å². The number of quaternary nitrogens is 1. The fourth-order valence-electron chi connectivity index (χ4n) is 6.13. The molecular formula is C18H32NO3+. The lowest BCUT2D eigenvalue weighted by Gasteiger charge is -2.56. The zero-order chi connectivity index (χ0) is 15.0. The van der Waals surface area contributed by atoms with Crippen molar-refractivity contribution in [1.82, 2.24) is 0 Å². The summed E-state index contributed by atoms with van der Waals surface area (Å²) >= 11 is 0. The SMILES string of the molecule is O[C@@H](COCC12CC3CC(CC(C3)C1)C2)C[NH+]1CCOCC1. The lowest BCUT2D eigenvalue weighted by Crippen LogP contribution is -3.15. The molecule has 0 aromatic carbocycles. The van der Waals surface area contributed by atoms with Crippen LogP contribution in [0.1, 0.15) is 38.5 Å². The van der Waals surface area contributed by atoms with Gasteiger partial charge in [0.2, 0.25) is 0 Å². The molecule has 0 radical (unpaired) electrons. The molecule has 5 fully saturated rings. The number of aliphatic hydroxyl groups excluding tert-OH is 1. The number of morpholine rings is 1. The molecule has 1 saturated heterocycles. The highest BCUT2D eigenvalue weighted by molar-refractivity contribution is 5.01. The average Bonchev–Trinajstić information content (AvgIpc) is 2.46. The Morgan fingerprint density at radius 1 is 1.05 bits per heavy atom. The molecule has 2 N–H and O–H groups in total. The van der Waals surface area contributed by atoms with E-state index in [1.807, 2.05) is 0 Å². The van der Waals surface area contributed by atoms with Gasteiger partial charge in [0.1, 0.15) is 25.7 Å². The standard InChI is InChI=1S/C18H31NO3/c20-17(11-19-1-3-21-4-2-19)12-22-13-18-8-14-5-15(9-18)7-16(6-14)10-18/h14-17,20H,1-13H2/p+1/t14?,15?,16?,17-,18?/m1/s1. The van der Waals surface area contributed by atoms with E-state index < -0.39 is 0 Å². The van der Waals surface area contributed by atoms with Crippen LogP contribution in [0.5, 0.6) is 0 Å². The summed E-state index contributed by atoms with van der Waals surface area (Å²) in [6.07, 6.45) is 8.33. The Kier molecular flexibility index (Phi) is 4.46. The average molecular weight is 310 g/mol. The minimum absolute atomic E-state index is 0.318. The molecular weight excluding hydrogens is 278 g/mol. The fourth-order valence-corrected chi connectivity index (χ4v) is 6.13. The van der Waals surface area contributed by atoms with Crippen LogP contribution in [-0.4, -0.2) is 57.3 Å². The van der Waals surface area contributed by atoms with Crippen LogP contribution < -0.4 is 4.90 Å². The van der Waals surface area contributed by atoms with Gasteiger partial charge in [-0.15, -0.1) is 0 Å². The summed E-state index contributed by atoms with van der Waals surface area (Å²) in [5.41, 5.74) is 0.473. The van der Waals surface area contributed by atoms with Gasteiger partial charge >= 0.3 is 0 Å². The highest BCUT2D eigenvalue weighted by Crippen LogP contribution is 2.59. The Morgan fingerprint density at radius 3 is 2.23 bits per heavy atom. The van der Waals surface area contributed by atoms with Gasteiger partial charge in [-0.25, -0.2) is 0 Å². The van der Waals surface area contributed by atoms with Gasteiger partial charge < -0.3 is 19.5 Å². The van der Waals surface area contributed by atoms with Crippen LogP contribution >= 0.6 is 0 Å². The van der Waals surface area contributed by atoms with Crippen molar-refractivity contribution >= 4 is 0 Å². The molecule has 1 aliphatic heterocycles. The Morgan fingerprint density at radius 2 is 1.64 bits per heavy atom. The molecule has 5 aliphatic rings. The molecule has 4 aliphatic carbocycles. The largest absolute Gasteiger partial charge is 0.385 e. The minimum Gasteiger partial charge on any atom is -0.385 e. The first-order valence-corrected chi connectivity index (χ1v) is 9.38. The quantitative estimate of drug-likeness (QED) is 0.751. The number of hydrogen-bond donors (Lipinski definition) is 2. The van der Waals surface area contributed by atoms with Gasteiger partial charge in [0.05, 0.1) is 26.4 Å². The third-order valence-electron chi connectivity index (χ3n) is 6.61. The molecule has 126 valence electrons. The van der Waals surface area contributed by atoms with E-state index in [1.54, 1.807) is 0 Å². The van der Waals surface area contributed by atoms with Crippen LogP contribution in [0.4, 0.5) is 0 Å². The highest BCUT2D eigenvalue weighted by atomic mass is 16.5. The molecule has 22 heavy (non-hydrogen) atoms. The summed E-state index contributed by atoms with van der Waals surface area (Å²) in [7, 11) is 0. The number of ether oxygens (including phenoxy) is 2. The Bertz CT molecular complexity index is 345. The minimum atomic E-state index is -0.318. The first-order chi connectivity index (χ1) is 10.7. The van der Waals surface area contributed by atoms with Crippen LogP contribution in [-0.2, 0) is 9.47 Å². The third kappa shape index (κ3) is 3.35. The van der Waals surface area contributed by atoms with Crippen LogP contribution in [0, 0.1) is 23.2 Å². The molecule has 0 amide bonds. The number of nitrogens with one attached hydrogen (secondary N) is 1. The van der Waals surface area contributed by atoms with Gasteiger partial charge in [-0.3, -0.25) is 0 Å². The zero-order valence-corrected chi connectivity index (χ0v) is 13.8. The normalized spacial score (nSPS) is 42.7. The maximum atomic E-state index is 10.2. The highest BCUT2D eigenvalue weighted by Gasteiger charge is 2.50. The molecule has 1 heterocycles. The van der Waals surface area contributed by atoms with Crippen LogP contribution in [0.2, 0.25) is 0 Å². The van der Waals surface area contributed by atoms with Crippen molar-refractivity contribution in [2.45, 2.75) is 44.6 Å². The number of aliphatic hydroxyl groups is 1. The van der Waals surface area contributed by atoms with Crippen molar-refractivity contribution in [2.24, 2.45) is 23.2 Å². The molecule has 4 heteroatoms. The van der Waals surface area contributed by atoms with E-state index >= 15 is 0 Å². The summed E-state index contributed by atoms with van der Waals surface area (Å²) in [6.45, 7) is 5.92. The van der Waals surface area contributed by atoms with Crippen molar-refractivity contribution in [3.05, 3.63) is 0 Å². The maximum absolute atomic E-state index is 10.2. The summed E-state index contributed by atoms with van der Waals surface area (Å²) in [6, 6.07) is 0. The summed E-state index contributed by atoms with van der Waals surface area (Å²) in [5, 5.41) is 10.2. The van der Waals surface area contributed by atoms with E-state index in [-0.39, 0.29) is 6.10 Å². The Balaban J connectivity index is 1.21. The molecule has 4 bridgehead atoms. The van der Waals surface area contributed by atoms with Crippen molar-refractivity contribution in [3.63, 3.8) is 0 Å². The molecule has 0 aromatic heterocycles. The van der Waals surface area contributed by atoms with Gasteiger partial charge in [0, 0.05) is 0 Å². The molecule has 4 saturated carbocycles. The number of rotatable bonds is 6. The monoisotopic (exact) mass is 310 g/mol. The zero-order valence-electron chi connectivity index (χ0n) is 13.8. The Labute approximate surface area is 134 Å². The first-order valence-electron chi connectivity index (χ1n) is 9.38. The van der Waals surface area contributed by atoms with Gasteiger partial charge in [0.15, 0.2) is 0 Å². The maximum Gasteiger partial charge on any atom is 0.126 e. The second-order valence-corrected chi connectivity index (χ2v) is 8.65. The fraction of sp³-hybridized carbons (Fsp3) is 1.00. The van der Waals surface area contributed by atoms with E-state index in [0.29, 0.717) is 12.0 Å². The summed E-state index contributed by atoms with van der Waals surface area (Å²) in [4.78, 5) is 1.46. The lowest BCUT2D eigenvalue weighted by atomic mass is 9.50. The molecule has 5 rings (SSSR count). The lowest BCUT2D eigenvalue weighted by molar-refractivity contribution is -0.911. The van der Waals surface area contributed by atoms with Crippen LogP contribution in [0.15, 0.2) is 0 Å². The van der Waals surface area contributed by atoms with Crippen molar-refractivity contribution < 1.29 is 19.5 Å². The van der Waals surface area contributed by atoms with E-state index in [2.05, 4.69) is 0 Å². The molecule has 0 unspecified atom stereocenters. The second kappa shape index (κ2) is 6.39. The van der Waals surface area contributed by atoms with Crippen LogP contribution in [0.25, 0.3) is 0 Å². The summed E-state index contributed by atoms with van der Waals surface area (Å²) < 4.78 is 11.4. The smallest absolute Gasteiger partial charge is 0.126 e. The van der Waals surface area contributed by atoms with Gasteiger partial charge in [0.25, 0.3) is 0 Å². The van der Waals surface area contributed by atoms with Crippen molar-refractivity contribution in [2.75, 3.05) is 46.1 Å². The van der Waals surface area contributed by atoms with E-state index in [0.717, 1.165) is 57.2 Å². The first kappa shape index (κ1) is 15.4. The van der Waals surface area contributed by atoms with E-state index in [4.69, 9.17) is 9.47 Å². The van der Waals surface area contributed by atoms with Gasteiger partial charge in [-0.1, -0.05) is 0 Å². The predicted octanol–water partition coefficient (Wildman–Crippen LogP) is 0.495. The molecule has 4 nitrogen and oxygen atoms in total. The third-order valence-corrected chi connectivity index (χ3v) is 6.61. The van der Waals surface area contributed by atoms with E-state index in [1.165, 1.54) is 43.4 Å². The molecule has 0 aromatic rings. The van der Waals surface area contributed by atoms with Crippen LogP contribution in [0.3, 0.4) is 0 Å². The Hall–Kier alpha value is -0.160. The second-order valence-electron chi connectivity index (χ2n) is 8.65. The van der Waals surface area contributed by atoms with Gasteiger partial charge in [-0.2, -0.15) is 0 Å². The summed E-state index contributed by atoms with van der Waals surface area (Å²) in [5.74, 6) is 2.95. The molecule has 0 spiro atoms. The number of hydrogen-bond acceptors (Lipinski definition) is 3. The predicted molar refractivity (Wildman–Crippen MR) is 83.8 cm³/mol. The van der Waals surface area contributed by atoms with Crippen molar-refractivity contribution in [1.29, 1.82) is 0 Å².